The summed E-state index contributed by atoms with van der Waals surface area (Å²) in [6.07, 6.45) is 0.689. The lowest BCUT2D eigenvalue weighted by molar-refractivity contribution is 0.475. The van der Waals surface area contributed by atoms with Crippen molar-refractivity contribution in [3.63, 3.8) is 0 Å². The van der Waals surface area contributed by atoms with Crippen LogP contribution in [0.25, 0.3) is 16.9 Å². The number of nitrogens with one attached hydrogen (secondary N) is 1. The number of halogens is 1. The maximum Gasteiger partial charge on any atom is 0.280 e. The van der Waals surface area contributed by atoms with Crippen LogP contribution in [0.2, 0.25) is 0 Å². The van der Waals surface area contributed by atoms with E-state index in [1.807, 2.05) is 49.4 Å². The number of benzene rings is 3. The van der Waals surface area contributed by atoms with Crippen LogP contribution < -0.4 is 5.56 Å². The number of hydrogen-bond acceptors (Lipinski definition) is 3. The largest absolute Gasteiger partial charge is 0.508 e. The van der Waals surface area contributed by atoms with Crippen LogP contribution in [-0.2, 0) is 6.42 Å². The predicted molar refractivity (Wildman–Crippen MR) is 121 cm³/mol. The van der Waals surface area contributed by atoms with Crippen molar-refractivity contribution >= 4 is 5.71 Å². The van der Waals surface area contributed by atoms with Gasteiger partial charge in [-0.15, -0.1) is 0 Å². The number of aliphatic imine (C=N–C) groups is 1. The van der Waals surface area contributed by atoms with E-state index in [2.05, 4.69) is 10.1 Å². The van der Waals surface area contributed by atoms with Crippen molar-refractivity contribution < 1.29 is 9.50 Å². The molecular formula is C25H22FN3O2. The van der Waals surface area contributed by atoms with Crippen LogP contribution in [0.4, 0.5) is 4.39 Å². The van der Waals surface area contributed by atoms with Gasteiger partial charge in [0, 0.05) is 17.8 Å². The molecule has 0 unspecified atom stereocenters. The van der Waals surface area contributed by atoms with E-state index in [0.717, 1.165) is 11.1 Å². The van der Waals surface area contributed by atoms with Gasteiger partial charge in [0.25, 0.3) is 5.56 Å². The van der Waals surface area contributed by atoms with Crippen LogP contribution in [0.5, 0.6) is 5.75 Å². The smallest absolute Gasteiger partial charge is 0.280 e. The Morgan fingerprint density at radius 2 is 1.68 bits per heavy atom. The highest BCUT2D eigenvalue weighted by atomic mass is 19.1. The Labute approximate surface area is 179 Å². The van der Waals surface area contributed by atoms with Gasteiger partial charge in [0.2, 0.25) is 0 Å². The molecule has 0 spiro atoms. The summed E-state index contributed by atoms with van der Waals surface area (Å²) in [5.74, 6) is -0.136. The van der Waals surface area contributed by atoms with E-state index in [4.69, 9.17) is 0 Å². The maximum absolute atomic E-state index is 13.4. The Bertz CT molecular complexity index is 1260. The summed E-state index contributed by atoms with van der Waals surface area (Å²) in [5, 5.41) is 12.6. The Hall–Kier alpha value is -3.93. The summed E-state index contributed by atoms with van der Waals surface area (Å²) >= 11 is 0. The van der Waals surface area contributed by atoms with E-state index < -0.39 is 0 Å². The van der Waals surface area contributed by atoms with E-state index in [1.165, 1.54) is 16.8 Å². The van der Waals surface area contributed by atoms with Gasteiger partial charge in [0.05, 0.1) is 16.9 Å². The molecule has 1 heterocycles. The number of aromatic amines is 1. The first-order valence-electron chi connectivity index (χ1n) is 9.98. The Kier molecular flexibility index (Phi) is 5.80. The van der Waals surface area contributed by atoms with Crippen LogP contribution in [0.15, 0.2) is 88.6 Å². The Morgan fingerprint density at radius 3 is 2.35 bits per heavy atom. The highest BCUT2D eigenvalue weighted by molar-refractivity contribution is 6.03. The molecule has 0 bridgehead atoms. The molecule has 0 aliphatic heterocycles. The lowest BCUT2D eigenvalue weighted by Crippen LogP contribution is -2.20. The first-order valence-corrected chi connectivity index (χ1v) is 9.98. The molecule has 0 radical (unpaired) electrons. The fourth-order valence-electron chi connectivity index (χ4n) is 3.45. The van der Waals surface area contributed by atoms with Gasteiger partial charge in [-0.2, -0.15) is 0 Å². The zero-order valence-electron chi connectivity index (χ0n) is 17.0. The summed E-state index contributed by atoms with van der Waals surface area (Å²) in [6, 6.07) is 22.3. The second kappa shape index (κ2) is 8.83. The number of aromatic hydroxyl groups is 1. The number of hydrogen-bond donors (Lipinski definition) is 2. The maximum atomic E-state index is 13.4. The summed E-state index contributed by atoms with van der Waals surface area (Å²) in [4.78, 5) is 17.9. The lowest BCUT2D eigenvalue weighted by Gasteiger charge is -2.04. The molecule has 0 saturated heterocycles. The second-order valence-electron chi connectivity index (χ2n) is 7.23. The third kappa shape index (κ3) is 4.48. The first kappa shape index (κ1) is 20.3. The number of phenolic OH excluding ortho intramolecular Hbond substituents is 1. The van der Waals surface area contributed by atoms with Gasteiger partial charge in [-0.1, -0.05) is 42.5 Å². The fourth-order valence-corrected chi connectivity index (χ4v) is 3.45. The number of rotatable bonds is 6. The van der Waals surface area contributed by atoms with E-state index in [0.29, 0.717) is 35.6 Å². The molecule has 3 aromatic carbocycles. The van der Waals surface area contributed by atoms with Gasteiger partial charge in [-0.05, 0) is 55.3 Å². The zero-order valence-corrected chi connectivity index (χ0v) is 17.0. The zero-order chi connectivity index (χ0) is 21.8. The van der Waals surface area contributed by atoms with Gasteiger partial charge >= 0.3 is 0 Å². The van der Waals surface area contributed by atoms with E-state index in [9.17, 15) is 14.3 Å². The standard InChI is InChI=1S/C25H22FN3O2/c1-17(27-16-15-18-7-13-22(30)14-8-18)23-24(19-5-3-2-4-6-19)28-29(25(23)31)21-11-9-20(26)10-12-21/h2-14,28,30H,15-16H2,1H3. The number of aromatic nitrogens is 2. The monoisotopic (exact) mass is 415 g/mol. The van der Waals surface area contributed by atoms with Crippen LogP contribution in [0, 0.1) is 5.82 Å². The highest BCUT2D eigenvalue weighted by Gasteiger charge is 2.19. The van der Waals surface area contributed by atoms with Crippen LogP contribution in [0.3, 0.4) is 0 Å². The van der Waals surface area contributed by atoms with Crippen molar-refractivity contribution in [1.29, 1.82) is 0 Å². The molecule has 5 nitrogen and oxygen atoms in total. The fraction of sp³-hybridized carbons (Fsp3) is 0.120. The second-order valence-corrected chi connectivity index (χ2v) is 7.23. The van der Waals surface area contributed by atoms with Crippen LogP contribution in [0.1, 0.15) is 18.1 Å². The molecule has 0 saturated carbocycles. The van der Waals surface area contributed by atoms with E-state index >= 15 is 0 Å². The molecule has 4 aromatic rings. The molecule has 156 valence electrons. The number of phenols is 1. The summed E-state index contributed by atoms with van der Waals surface area (Å²) < 4.78 is 14.8. The summed E-state index contributed by atoms with van der Waals surface area (Å²) in [6.45, 7) is 2.33. The highest BCUT2D eigenvalue weighted by Crippen LogP contribution is 2.21. The van der Waals surface area contributed by atoms with Gasteiger partial charge < -0.3 is 5.11 Å². The average Bonchev–Trinajstić information content (AvgIpc) is 3.13. The van der Waals surface area contributed by atoms with Gasteiger partial charge in [0.1, 0.15) is 11.6 Å². The first-order chi connectivity index (χ1) is 15.0. The van der Waals surface area contributed by atoms with Crippen molar-refractivity contribution in [3.05, 3.63) is 106 Å². The predicted octanol–water partition coefficient (Wildman–Crippen LogP) is 4.73. The Morgan fingerprint density at radius 1 is 1.00 bits per heavy atom. The molecule has 2 N–H and O–H groups in total. The van der Waals surface area contributed by atoms with Crippen LogP contribution in [-0.4, -0.2) is 27.1 Å². The molecule has 0 aliphatic rings. The number of nitrogens with zero attached hydrogens (tertiary/aromatic N) is 2. The molecule has 0 atom stereocenters. The molecular weight excluding hydrogens is 393 g/mol. The van der Waals surface area contributed by atoms with Crippen molar-refractivity contribution in [3.8, 4) is 22.7 Å². The quantitative estimate of drug-likeness (QED) is 0.447. The topological polar surface area (TPSA) is 70.4 Å². The molecule has 4 rings (SSSR count). The molecule has 0 aliphatic carbocycles. The third-order valence-corrected chi connectivity index (χ3v) is 5.09. The summed E-state index contributed by atoms with van der Waals surface area (Å²) in [5.41, 5.74) is 4.00. The SMILES string of the molecule is CC(=NCCc1ccc(O)cc1)c1c(-c2ccccc2)[nH]n(-c2ccc(F)cc2)c1=O. The van der Waals surface area contributed by atoms with Gasteiger partial charge in [0.15, 0.2) is 0 Å². The van der Waals surface area contributed by atoms with E-state index in [-0.39, 0.29) is 17.1 Å². The molecule has 31 heavy (non-hydrogen) atoms. The molecule has 1 aromatic heterocycles. The average molecular weight is 415 g/mol. The van der Waals surface area contributed by atoms with Crippen molar-refractivity contribution in [2.45, 2.75) is 13.3 Å². The normalized spacial score (nSPS) is 11.6. The van der Waals surface area contributed by atoms with E-state index in [1.54, 1.807) is 24.3 Å². The van der Waals surface area contributed by atoms with Crippen molar-refractivity contribution in [2.75, 3.05) is 6.54 Å². The minimum Gasteiger partial charge on any atom is -0.508 e. The molecule has 0 amide bonds. The Balaban J connectivity index is 1.71. The van der Waals surface area contributed by atoms with Crippen molar-refractivity contribution in [2.24, 2.45) is 4.99 Å². The van der Waals surface area contributed by atoms with Gasteiger partial charge in [-0.25, -0.2) is 9.07 Å². The van der Waals surface area contributed by atoms with Crippen molar-refractivity contribution in [1.82, 2.24) is 9.78 Å². The molecule has 6 heteroatoms. The lowest BCUT2D eigenvalue weighted by atomic mass is 10.1. The third-order valence-electron chi connectivity index (χ3n) is 5.09. The van der Waals surface area contributed by atoms with Gasteiger partial charge in [-0.3, -0.25) is 14.9 Å². The molecule has 0 fully saturated rings. The minimum atomic E-state index is -0.362. The van der Waals surface area contributed by atoms with Crippen LogP contribution >= 0.6 is 0 Å². The number of H-pyrrole nitrogens is 1. The summed E-state index contributed by atoms with van der Waals surface area (Å²) in [7, 11) is 0. The minimum absolute atomic E-state index is 0.226.